The van der Waals surface area contributed by atoms with E-state index in [9.17, 15) is 18.3 Å². The normalized spacial score (nSPS) is 20.3. The van der Waals surface area contributed by atoms with Crippen molar-refractivity contribution in [2.75, 3.05) is 0 Å². The molecular weight excluding hydrogens is 185 g/mol. The maximum absolute atomic E-state index is 12.0. The summed E-state index contributed by atoms with van der Waals surface area (Å²) in [6, 6.07) is 2.02. The van der Waals surface area contributed by atoms with Crippen molar-refractivity contribution in [1.82, 2.24) is 0 Å². The predicted octanol–water partition coefficient (Wildman–Crippen LogP) is 2.28. The first kappa shape index (κ1) is 8.62. The second kappa shape index (κ2) is 2.29. The van der Waals surface area contributed by atoms with E-state index in [0.29, 0.717) is 12.8 Å². The first-order valence-corrected chi connectivity index (χ1v) is 3.82. The Morgan fingerprint density at radius 3 is 2.31 bits per heavy atom. The lowest BCUT2D eigenvalue weighted by molar-refractivity contribution is -0.154. The third-order valence-electron chi connectivity index (χ3n) is 2.07. The molecule has 0 bridgehead atoms. The molecular formula is C8H7F3O2. The Balaban J connectivity index is 2.29. The van der Waals surface area contributed by atoms with Gasteiger partial charge in [0.15, 0.2) is 0 Å². The maximum Gasteiger partial charge on any atom is 0.449 e. The molecule has 1 heterocycles. The Labute approximate surface area is 72.0 Å². The fraction of sp³-hybridized carbons (Fsp3) is 0.500. The van der Waals surface area contributed by atoms with Crippen LogP contribution in [0.3, 0.4) is 0 Å². The summed E-state index contributed by atoms with van der Waals surface area (Å²) in [7, 11) is 0. The van der Waals surface area contributed by atoms with Gasteiger partial charge in [-0.2, -0.15) is 13.2 Å². The van der Waals surface area contributed by atoms with Crippen LogP contribution in [0.1, 0.15) is 24.4 Å². The zero-order valence-electron chi connectivity index (χ0n) is 6.56. The van der Waals surface area contributed by atoms with Crippen LogP contribution in [0, 0.1) is 0 Å². The third-order valence-corrected chi connectivity index (χ3v) is 2.07. The van der Waals surface area contributed by atoms with Gasteiger partial charge in [-0.3, -0.25) is 0 Å². The third kappa shape index (κ3) is 1.44. The molecule has 0 saturated heterocycles. The van der Waals surface area contributed by atoms with Crippen molar-refractivity contribution >= 4 is 0 Å². The molecule has 0 atom stereocenters. The molecule has 0 amide bonds. The molecule has 0 spiro atoms. The van der Waals surface area contributed by atoms with Gasteiger partial charge < -0.3 is 9.52 Å². The Morgan fingerprint density at radius 1 is 1.31 bits per heavy atom. The summed E-state index contributed by atoms with van der Waals surface area (Å²) in [5, 5.41) is 9.42. The van der Waals surface area contributed by atoms with Crippen LogP contribution in [-0.4, -0.2) is 5.11 Å². The van der Waals surface area contributed by atoms with Crippen LogP contribution in [-0.2, 0) is 11.8 Å². The highest BCUT2D eigenvalue weighted by atomic mass is 19.4. The lowest BCUT2D eigenvalue weighted by atomic mass is 10.2. The van der Waals surface area contributed by atoms with Crippen LogP contribution in [0.2, 0.25) is 0 Å². The Hall–Kier alpha value is -0.970. The van der Waals surface area contributed by atoms with Gasteiger partial charge in [0.2, 0.25) is 5.76 Å². The number of furan rings is 1. The van der Waals surface area contributed by atoms with Crippen LogP contribution in [0.15, 0.2) is 16.5 Å². The minimum atomic E-state index is -4.47. The molecule has 1 N–H and O–H groups in total. The second-order valence-electron chi connectivity index (χ2n) is 3.19. The fourth-order valence-electron chi connectivity index (χ4n) is 1.11. The molecule has 2 nitrogen and oxygen atoms in total. The van der Waals surface area contributed by atoms with Gasteiger partial charge in [0.25, 0.3) is 0 Å². The van der Waals surface area contributed by atoms with Crippen molar-refractivity contribution in [3.8, 4) is 0 Å². The van der Waals surface area contributed by atoms with E-state index in [1.807, 2.05) is 0 Å². The molecule has 1 saturated carbocycles. The van der Waals surface area contributed by atoms with Crippen molar-refractivity contribution < 1.29 is 22.7 Å². The van der Waals surface area contributed by atoms with Gasteiger partial charge in [-0.15, -0.1) is 0 Å². The van der Waals surface area contributed by atoms with E-state index >= 15 is 0 Å². The minimum absolute atomic E-state index is 0.0137. The Bertz CT molecular complexity index is 303. The number of rotatable bonds is 1. The van der Waals surface area contributed by atoms with Crippen molar-refractivity contribution in [2.45, 2.75) is 24.6 Å². The molecule has 0 aromatic carbocycles. The molecule has 1 aliphatic rings. The van der Waals surface area contributed by atoms with E-state index in [1.54, 1.807) is 0 Å². The Kier molecular flexibility index (Phi) is 1.52. The monoisotopic (exact) mass is 192 g/mol. The fourth-order valence-corrected chi connectivity index (χ4v) is 1.11. The highest BCUT2D eigenvalue weighted by Gasteiger charge is 2.46. The standard InChI is InChI=1S/C8H7F3O2/c9-8(10,11)6-2-1-5(13-6)7(12)3-4-7/h1-2,12H,3-4H2. The van der Waals surface area contributed by atoms with Gasteiger partial charge in [-0.25, -0.2) is 0 Å². The molecule has 1 aliphatic carbocycles. The van der Waals surface area contributed by atoms with Crippen LogP contribution >= 0.6 is 0 Å². The summed E-state index contributed by atoms with van der Waals surface area (Å²) in [5.74, 6) is -1.04. The van der Waals surface area contributed by atoms with E-state index in [1.165, 1.54) is 6.07 Å². The summed E-state index contributed by atoms with van der Waals surface area (Å²) in [5.41, 5.74) is -1.14. The van der Waals surface area contributed by atoms with Crippen LogP contribution in [0.25, 0.3) is 0 Å². The summed E-state index contributed by atoms with van der Waals surface area (Å²) in [4.78, 5) is 0. The van der Waals surface area contributed by atoms with Gasteiger partial charge >= 0.3 is 6.18 Å². The zero-order valence-corrected chi connectivity index (χ0v) is 6.56. The van der Waals surface area contributed by atoms with E-state index in [-0.39, 0.29) is 5.76 Å². The van der Waals surface area contributed by atoms with Crippen LogP contribution in [0.4, 0.5) is 13.2 Å². The molecule has 72 valence electrons. The summed E-state index contributed by atoms with van der Waals surface area (Å²) in [6.45, 7) is 0. The van der Waals surface area contributed by atoms with Gasteiger partial charge in [-0.05, 0) is 25.0 Å². The molecule has 0 unspecified atom stereocenters. The van der Waals surface area contributed by atoms with E-state index in [2.05, 4.69) is 4.42 Å². The number of halogens is 3. The first-order chi connectivity index (χ1) is 5.92. The maximum atomic E-state index is 12.0. The molecule has 13 heavy (non-hydrogen) atoms. The lowest BCUT2D eigenvalue weighted by Crippen LogP contribution is -2.04. The average Bonchev–Trinajstić information content (AvgIpc) is 2.60. The predicted molar refractivity (Wildman–Crippen MR) is 36.8 cm³/mol. The van der Waals surface area contributed by atoms with Gasteiger partial charge in [0.1, 0.15) is 11.4 Å². The highest BCUT2D eigenvalue weighted by molar-refractivity contribution is 5.20. The van der Waals surface area contributed by atoms with Crippen molar-refractivity contribution in [2.24, 2.45) is 0 Å². The number of aliphatic hydroxyl groups is 1. The highest BCUT2D eigenvalue weighted by Crippen LogP contribution is 2.47. The largest absolute Gasteiger partial charge is 0.453 e. The minimum Gasteiger partial charge on any atom is -0.453 e. The smallest absolute Gasteiger partial charge is 0.449 e. The quantitative estimate of drug-likeness (QED) is 0.740. The van der Waals surface area contributed by atoms with Gasteiger partial charge in [0.05, 0.1) is 0 Å². The van der Waals surface area contributed by atoms with Crippen molar-refractivity contribution in [1.29, 1.82) is 0 Å². The zero-order chi connectivity index (χ0) is 9.69. The molecule has 0 aliphatic heterocycles. The molecule has 1 aromatic heterocycles. The second-order valence-corrected chi connectivity index (χ2v) is 3.19. The summed E-state index contributed by atoms with van der Waals surface area (Å²) < 4.78 is 40.6. The molecule has 5 heteroatoms. The molecule has 2 rings (SSSR count). The topological polar surface area (TPSA) is 33.4 Å². The SMILES string of the molecule is OC1(c2ccc(C(F)(F)F)o2)CC1. The lowest BCUT2D eigenvalue weighted by Gasteiger charge is -2.03. The molecule has 1 aromatic rings. The van der Waals surface area contributed by atoms with Crippen LogP contribution < -0.4 is 0 Å². The average molecular weight is 192 g/mol. The van der Waals surface area contributed by atoms with Crippen molar-refractivity contribution in [3.63, 3.8) is 0 Å². The van der Waals surface area contributed by atoms with E-state index in [0.717, 1.165) is 6.07 Å². The number of hydrogen-bond acceptors (Lipinski definition) is 2. The van der Waals surface area contributed by atoms with E-state index < -0.39 is 17.5 Å². The number of hydrogen-bond donors (Lipinski definition) is 1. The van der Waals surface area contributed by atoms with E-state index in [4.69, 9.17) is 0 Å². The summed E-state index contributed by atoms with van der Waals surface area (Å²) in [6.07, 6.45) is -3.53. The molecule has 0 radical (unpaired) electrons. The van der Waals surface area contributed by atoms with Gasteiger partial charge in [-0.1, -0.05) is 0 Å². The van der Waals surface area contributed by atoms with Gasteiger partial charge in [0, 0.05) is 0 Å². The van der Waals surface area contributed by atoms with Crippen LogP contribution in [0.5, 0.6) is 0 Å². The first-order valence-electron chi connectivity index (χ1n) is 3.82. The van der Waals surface area contributed by atoms with Crippen molar-refractivity contribution in [3.05, 3.63) is 23.7 Å². The number of alkyl halides is 3. The Morgan fingerprint density at radius 2 is 1.92 bits per heavy atom. The molecule has 1 fully saturated rings. The summed E-state index contributed by atoms with van der Waals surface area (Å²) >= 11 is 0.